The highest BCUT2D eigenvalue weighted by atomic mass is 19.1. The Labute approximate surface area is 114 Å². The van der Waals surface area contributed by atoms with Crippen LogP contribution in [0.5, 0.6) is 5.75 Å². The number of nitro groups is 1. The van der Waals surface area contributed by atoms with E-state index in [2.05, 4.69) is 10.6 Å². The first-order valence-corrected chi connectivity index (χ1v) is 6.10. The van der Waals surface area contributed by atoms with Crippen LogP contribution < -0.4 is 15.4 Å². The zero-order chi connectivity index (χ0) is 14.5. The van der Waals surface area contributed by atoms with Gasteiger partial charge in [0.15, 0.2) is 6.61 Å². The molecule has 1 aromatic carbocycles. The molecule has 1 saturated heterocycles. The Morgan fingerprint density at radius 2 is 2.30 bits per heavy atom. The van der Waals surface area contributed by atoms with Gasteiger partial charge in [0.05, 0.1) is 4.92 Å². The summed E-state index contributed by atoms with van der Waals surface area (Å²) in [6.07, 6.45) is 0. The molecule has 20 heavy (non-hydrogen) atoms. The topological polar surface area (TPSA) is 93.5 Å². The molecule has 1 aliphatic heterocycles. The summed E-state index contributed by atoms with van der Waals surface area (Å²) < 4.78 is 18.4. The first kappa shape index (κ1) is 14.2. The third-order valence-electron chi connectivity index (χ3n) is 2.94. The lowest BCUT2D eigenvalue weighted by molar-refractivity contribution is -0.387. The van der Waals surface area contributed by atoms with Crippen LogP contribution in [0.2, 0.25) is 0 Å². The van der Waals surface area contributed by atoms with Crippen molar-refractivity contribution in [2.75, 3.05) is 26.2 Å². The molecule has 0 atom stereocenters. The summed E-state index contributed by atoms with van der Waals surface area (Å²) in [5.74, 6) is -0.784. The van der Waals surface area contributed by atoms with Gasteiger partial charge in [0.1, 0.15) is 5.75 Å². The first-order valence-electron chi connectivity index (χ1n) is 6.10. The zero-order valence-electron chi connectivity index (χ0n) is 10.6. The van der Waals surface area contributed by atoms with Crippen molar-refractivity contribution >= 4 is 11.6 Å². The van der Waals surface area contributed by atoms with E-state index >= 15 is 0 Å². The fourth-order valence-corrected chi connectivity index (χ4v) is 1.68. The maximum absolute atomic E-state index is 13.3. The number of nitro benzene ring substituents is 1. The molecular weight excluding hydrogens is 269 g/mol. The number of nitrogens with one attached hydrogen (secondary N) is 2. The Balaban J connectivity index is 1.79. The third-order valence-corrected chi connectivity index (χ3v) is 2.94. The van der Waals surface area contributed by atoms with Crippen molar-refractivity contribution in [2.24, 2.45) is 5.92 Å². The molecule has 8 heteroatoms. The minimum absolute atomic E-state index is 0.0774. The van der Waals surface area contributed by atoms with Gasteiger partial charge in [-0.15, -0.1) is 0 Å². The summed E-state index contributed by atoms with van der Waals surface area (Å²) in [5.41, 5.74) is -0.626. The van der Waals surface area contributed by atoms with Gasteiger partial charge in [-0.25, -0.2) is 0 Å². The predicted octanol–water partition coefficient (Wildman–Crippen LogP) is 0.448. The summed E-state index contributed by atoms with van der Waals surface area (Å²) in [5, 5.41) is 16.2. The molecule has 0 radical (unpaired) electrons. The molecule has 0 unspecified atom stereocenters. The van der Waals surface area contributed by atoms with Gasteiger partial charge in [-0.2, -0.15) is 4.39 Å². The van der Waals surface area contributed by atoms with Gasteiger partial charge in [0.2, 0.25) is 5.82 Å². The second-order valence-corrected chi connectivity index (χ2v) is 4.49. The van der Waals surface area contributed by atoms with E-state index in [1.165, 1.54) is 6.07 Å². The second-order valence-electron chi connectivity index (χ2n) is 4.49. The predicted molar refractivity (Wildman–Crippen MR) is 67.9 cm³/mol. The monoisotopic (exact) mass is 283 g/mol. The molecular formula is C12H14FN3O4. The zero-order valence-corrected chi connectivity index (χ0v) is 10.6. The molecule has 2 N–H and O–H groups in total. The fourth-order valence-electron chi connectivity index (χ4n) is 1.68. The van der Waals surface area contributed by atoms with E-state index in [0.717, 1.165) is 25.2 Å². The Morgan fingerprint density at radius 3 is 2.85 bits per heavy atom. The minimum atomic E-state index is -0.992. The van der Waals surface area contributed by atoms with Crippen LogP contribution in [-0.2, 0) is 4.79 Å². The average molecular weight is 283 g/mol. The van der Waals surface area contributed by atoms with Crippen LogP contribution in [0.3, 0.4) is 0 Å². The van der Waals surface area contributed by atoms with Crippen molar-refractivity contribution in [3.63, 3.8) is 0 Å². The number of amides is 1. The molecule has 1 amide bonds. The lowest BCUT2D eigenvalue weighted by atomic mass is 10.0. The summed E-state index contributed by atoms with van der Waals surface area (Å²) in [6.45, 7) is 2.09. The smallest absolute Gasteiger partial charge is 0.305 e. The van der Waals surface area contributed by atoms with E-state index in [-0.39, 0.29) is 18.3 Å². The van der Waals surface area contributed by atoms with Crippen molar-refractivity contribution < 1.29 is 18.8 Å². The number of halogens is 1. The number of carbonyl (C=O) groups is 1. The number of benzene rings is 1. The number of rotatable bonds is 6. The van der Waals surface area contributed by atoms with Crippen LogP contribution in [0.4, 0.5) is 10.1 Å². The molecule has 7 nitrogen and oxygen atoms in total. The molecule has 2 rings (SSSR count). The molecule has 0 aromatic heterocycles. The van der Waals surface area contributed by atoms with Crippen LogP contribution in [0, 0.1) is 21.8 Å². The van der Waals surface area contributed by atoms with Gasteiger partial charge in [-0.3, -0.25) is 14.9 Å². The van der Waals surface area contributed by atoms with E-state index in [1.807, 2.05) is 0 Å². The highest BCUT2D eigenvalue weighted by molar-refractivity contribution is 5.77. The van der Waals surface area contributed by atoms with E-state index < -0.39 is 16.4 Å². The van der Waals surface area contributed by atoms with Gasteiger partial charge in [-0.1, -0.05) is 0 Å². The standard InChI is InChI=1S/C12H14FN3O4/c13-10-3-9(1-2-11(10)16(18)19)20-7-12(17)15-6-8-4-14-5-8/h1-3,8,14H,4-7H2,(H,15,17). The minimum Gasteiger partial charge on any atom is -0.484 e. The average Bonchev–Trinajstić information content (AvgIpc) is 2.34. The third kappa shape index (κ3) is 3.64. The Hall–Kier alpha value is -2.22. The van der Waals surface area contributed by atoms with E-state index in [0.29, 0.717) is 12.5 Å². The summed E-state index contributed by atoms with van der Waals surface area (Å²) in [4.78, 5) is 21.1. The number of hydrogen-bond acceptors (Lipinski definition) is 5. The van der Waals surface area contributed by atoms with Crippen molar-refractivity contribution in [1.82, 2.24) is 10.6 Å². The van der Waals surface area contributed by atoms with E-state index in [9.17, 15) is 19.3 Å². The fraction of sp³-hybridized carbons (Fsp3) is 0.417. The largest absolute Gasteiger partial charge is 0.484 e. The van der Waals surface area contributed by atoms with Crippen LogP contribution in [-0.4, -0.2) is 37.1 Å². The van der Waals surface area contributed by atoms with E-state index in [4.69, 9.17) is 4.74 Å². The van der Waals surface area contributed by atoms with Crippen LogP contribution in [0.1, 0.15) is 0 Å². The highest BCUT2D eigenvalue weighted by Gasteiger charge is 2.18. The molecule has 1 heterocycles. The SMILES string of the molecule is O=C(COc1ccc([N+](=O)[O-])c(F)c1)NCC1CNC1. The van der Waals surface area contributed by atoms with Gasteiger partial charge >= 0.3 is 5.69 Å². The molecule has 0 bridgehead atoms. The normalized spacial score (nSPS) is 14.4. The van der Waals surface area contributed by atoms with Crippen molar-refractivity contribution in [3.05, 3.63) is 34.1 Å². The van der Waals surface area contributed by atoms with Crippen LogP contribution >= 0.6 is 0 Å². The van der Waals surface area contributed by atoms with Crippen molar-refractivity contribution in [3.8, 4) is 5.75 Å². The number of ether oxygens (including phenoxy) is 1. The molecule has 1 aliphatic rings. The lowest BCUT2D eigenvalue weighted by Crippen LogP contribution is -2.48. The van der Waals surface area contributed by atoms with Gasteiger partial charge in [0, 0.05) is 37.7 Å². The number of nitrogens with zero attached hydrogens (tertiary/aromatic N) is 1. The summed E-state index contributed by atoms with van der Waals surface area (Å²) in [6, 6.07) is 3.15. The van der Waals surface area contributed by atoms with Crippen LogP contribution in [0.15, 0.2) is 18.2 Å². The molecule has 0 saturated carbocycles. The van der Waals surface area contributed by atoms with Crippen molar-refractivity contribution in [2.45, 2.75) is 0 Å². The summed E-state index contributed by atoms with van der Waals surface area (Å²) >= 11 is 0. The molecule has 1 aromatic rings. The first-order chi connectivity index (χ1) is 9.56. The van der Waals surface area contributed by atoms with Gasteiger partial charge in [-0.05, 0) is 6.07 Å². The van der Waals surface area contributed by atoms with Gasteiger partial charge in [0.25, 0.3) is 5.91 Å². The molecule has 0 spiro atoms. The molecule has 0 aliphatic carbocycles. The number of carbonyl (C=O) groups excluding carboxylic acids is 1. The Morgan fingerprint density at radius 1 is 1.55 bits per heavy atom. The van der Waals surface area contributed by atoms with Crippen LogP contribution in [0.25, 0.3) is 0 Å². The maximum Gasteiger partial charge on any atom is 0.305 e. The van der Waals surface area contributed by atoms with Gasteiger partial charge < -0.3 is 15.4 Å². The van der Waals surface area contributed by atoms with E-state index in [1.54, 1.807) is 0 Å². The van der Waals surface area contributed by atoms with Crippen molar-refractivity contribution in [1.29, 1.82) is 0 Å². The summed E-state index contributed by atoms with van der Waals surface area (Å²) in [7, 11) is 0. The second kappa shape index (κ2) is 6.29. The quantitative estimate of drug-likeness (QED) is 0.584. The number of hydrogen-bond donors (Lipinski definition) is 2. The lowest BCUT2D eigenvalue weighted by Gasteiger charge is -2.27. The Kier molecular flexibility index (Phi) is 4.46. The molecule has 1 fully saturated rings. The molecule has 108 valence electrons. The Bertz CT molecular complexity index is 519. The highest BCUT2D eigenvalue weighted by Crippen LogP contribution is 2.22. The maximum atomic E-state index is 13.3.